The fourth-order valence-corrected chi connectivity index (χ4v) is 2.34. The molecule has 0 aromatic heterocycles. The van der Waals surface area contributed by atoms with Gasteiger partial charge in [0, 0.05) is 12.0 Å². The maximum atomic E-state index is 12.4. The molecule has 0 N–H and O–H groups in total. The molecule has 0 aliphatic heterocycles. The van der Waals surface area contributed by atoms with E-state index in [1.807, 2.05) is 24.3 Å². The Kier molecular flexibility index (Phi) is 5.92. The summed E-state index contributed by atoms with van der Waals surface area (Å²) in [5.74, 6) is 0.356. The molecular formula is C19H20O4. The normalized spacial score (nSPS) is 10.2. The van der Waals surface area contributed by atoms with Gasteiger partial charge in [-0.05, 0) is 37.1 Å². The molecule has 0 aliphatic rings. The van der Waals surface area contributed by atoms with Crippen molar-refractivity contribution in [1.29, 1.82) is 0 Å². The van der Waals surface area contributed by atoms with Crippen molar-refractivity contribution < 1.29 is 19.1 Å². The fourth-order valence-electron chi connectivity index (χ4n) is 2.34. The summed E-state index contributed by atoms with van der Waals surface area (Å²) in [6.07, 6.45) is 0.944. The highest BCUT2D eigenvalue weighted by atomic mass is 16.5. The van der Waals surface area contributed by atoms with E-state index in [2.05, 4.69) is 0 Å². The van der Waals surface area contributed by atoms with E-state index in [9.17, 15) is 9.59 Å². The van der Waals surface area contributed by atoms with Gasteiger partial charge < -0.3 is 9.47 Å². The summed E-state index contributed by atoms with van der Waals surface area (Å²) in [5, 5.41) is 0. The van der Waals surface area contributed by atoms with Crippen LogP contribution in [0.15, 0.2) is 48.5 Å². The van der Waals surface area contributed by atoms with E-state index in [1.54, 1.807) is 38.3 Å². The van der Waals surface area contributed by atoms with Crippen molar-refractivity contribution in [1.82, 2.24) is 0 Å². The van der Waals surface area contributed by atoms with Gasteiger partial charge in [0.05, 0.1) is 19.3 Å². The molecular weight excluding hydrogens is 292 g/mol. The number of benzene rings is 2. The molecule has 0 atom stereocenters. The number of ketones is 1. The molecule has 0 radical (unpaired) electrons. The molecule has 0 saturated carbocycles. The first-order chi connectivity index (χ1) is 11.2. The van der Waals surface area contributed by atoms with Crippen LogP contribution in [0.1, 0.15) is 39.6 Å². The highest BCUT2D eigenvalue weighted by Crippen LogP contribution is 2.20. The fraction of sp³-hybridized carbons (Fsp3) is 0.263. The summed E-state index contributed by atoms with van der Waals surface area (Å²) in [5.41, 5.74) is 1.91. The van der Waals surface area contributed by atoms with Crippen LogP contribution < -0.4 is 4.74 Å². The third-order valence-corrected chi connectivity index (χ3v) is 3.51. The van der Waals surface area contributed by atoms with Crippen LogP contribution in [-0.4, -0.2) is 25.5 Å². The predicted octanol–water partition coefficient (Wildman–Crippen LogP) is 3.69. The van der Waals surface area contributed by atoms with Crippen LogP contribution in [0.2, 0.25) is 0 Å². The number of esters is 1. The monoisotopic (exact) mass is 312 g/mol. The predicted molar refractivity (Wildman–Crippen MR) is 88.0 cm³/mol. The average Bonchev–Trinajstić information content (AvgIpc) is 2.60. The molecule has 2 aromatic rings. The summed E-state index contributed by atoms with van der Waals surface area (Å²) in [7, 11) is 1.61. The van der Waals surface area contributed by atoms with Crippen molar-refractivity contribution in [3.63, 3.8) is 0 Å². The van der Waals surface area contributed by atoms with E-state index in [0.717, 1.165) is 11.3 Å². The van der Waals surface area contributed by atoms with Gasteiger partial charge in [-0.1, -0.05) is 30.3 Å². The van der Waals surface area contributed by atoms with Crippen molar-refractivity contribution in [2.45, 2.75) is 19.8 Å². The zero-order chi connectivity index (χ0) is 16.7. The molecule has 0 bridgehead atoms. The summed E-state index contributed by atoms with van der Waals surface area (Å²) in [4.78, 5) is 24.1. The van der Waals surface area contributed by atoms with Crippen LogP contribution in [0.4, 0.5) is 0 Å². The van der Waals surface area contributed by atoms with Gasteiger partial charge in [-0.3, -0.25) is 4.79 Å². The van der Waals surface area contributed by atoms with Gasteiger partial charge in [0.1, 0.15) is 5.75 Å². The molecule has 0 unspecified atom stereocenters. The standard InChI is InChI=1S/C19H20O4/c1-3-23-19(21)16-9-6-8-15(13-16)17(20)12-11-14-7-4-5-10-18(14)22-2/h4-10,13H,3,11-12H2,1-2H3. The lowest BCUT2D eigenvalue weighted by Crippen LogP contribution is -2.07. The summed E-state index contributed by atoms with van der Waals surface area (Å²) >= 11 is 0. The van der Waals surface area contributed by atoms with Crippen LogP contribution in [0, 0.1) is 0 Å². The molecule has 0 aliphatic carbocycles. The number of aryl methyl sites for hydroxylation is 1. The van der Waals surface area contributed by atoms with Gasteiger partial charge in [0.25, 0.3) is 0 Å². The number of hydrogen-bond donors (Lipinski definition) is 0. The van der Waals surface area contributed by atoms with Gasteiger partial charge in [0.2, 0.25) is 0 Å². The van der Waals surface area contributed by atoms with Crippen molar-refractivity contribution in [2.75, 3.05) is 13.7 Å². The minimum absolute atomic E-state index is 0.0120. The van der Waals surface area contributed by atoms with Crippen LogP contribution >= 0.6 is 0 Å². The number of methoxy groups -OCH3 is 1. The maximum Gasteiger partial charge on any atom is 0.338 e. The van der Waals surface area contributed by atoms with E-state index in [-0.39, 0.29) is 5.78 Å². The summed E-state index contributed by atoms with van der Waals surface area (Å²) < 4.78 is 10.2. The molecule has 0 heterocycles. The SMILES string of the molecule is CCOC(=O)c1cccc(C(=O)CCc2ccccc2OC)c1. The molecule has 4 nitrogen and oxygen atoms in total. The number of carbonyl (C=O) groups excluding carboxylic acids is 2. The number of para-hydroxylation sites is 1. The van der Waals surface area contributed by atoms with Gasteiger partial charge in [-0.25, -0.2) is 4.79 Å². The molecule has 4 heteroatoms. The van der Waals surface area contributed by atoms with Gasteiger partial charge in [-0.15, -0.1) is 0 Å². The Morgan fingerprint density at radius 2 is 1.74 bits per heavy atom. The third kappa shape index (κ3) is 4.42. The van der Waals surface area contributed by atoms with Gasteiger partial charge >= 0.3 is 5.97 Å². The summed E-state index contributed by atoms with van der Waals surface area (Å²) in [6, 6.07) is 14.3. The topological polar surface area (TPSA) is 52.6 Å². The molecule has 0 fully saturated rings. The summed E-state index contributed by atoms with van der Waals surface area (Å²) in [6.45, 7) is 2.06. The zero-order valence-electron chi connectivity index (χ0n) is 13.4. The van der Waals surface area contributed by atoms with E-state index >= 15 is 0 Å². The first-order valence-corrected chi connectivity index (χ1v) is 7.58. The second-order valence-electron chi connectivity index (χ2n) is 5.04. The Labute approximate surface area is 136 Å². The lowest BCUT2D eigenvalue weighted by molar-refractivity contribution is 0.0526. The molecule has 2 aromatic carbocycles. The second-order valence-corrected chi connectivity index (χ2v) is 5.04. The molecule has 0 amide bonds. The number of Topliss-reactive ketones (excluding diaryl/α,β-unsaturated/α-hetero) is 1. The van der Waals surface area contributed by atoms with Gasteiger partial charge in [-0.2, -0.15) is 0 Å². The number of rotatable bonds is 7. The van der Waals surface area contributed by atoms with E-state index < -0.39 is 5.97 Å². The van der Waals surface area contributed by atoms with E-state index in [0.29, 0.717) is 30.6 Å². The molecule has 0 spiro atoms. The van der Waals surface area contributed by atoms with Gasteiger partial charge in [0.15, 0.2) is 5.78 Å². The Balaban J connectivity index is 2.06. The smallest absolute Gasteiger partial charge is 0.338 e. The van der Waals surface area contributed by atoms with E-state index in [1.165, 1.54) is 0 Å². The Bertz CT molecular complexity index is 691. The first kappa shape index (κ1) is 16.7. The van der Waals surface area contributed by atoms with Crippen LogP contribution in [0.3, 0.4) is 0 Å². The van der Waals surface area contributed by atoms with E-state index in [4.69, 9.17) is 9.47 Å². The lowest BCUT2D eigenvalue weighted by Gasteiger charge is -2.08. The van der Waals surface area contributed by atoms with Crippen molar-refractivity contribution >= 4 is 11.8 Å². The molecule has 0 saturated heterocycles. The van der Waals surface area contributed by atoms with Crippen LogP contribution in [-0.2, 0) is 11.2 Å². The number of ether oxygens (including phenoxy) is 2. The largest absolute Gasteiger partial charge is 0.496 e. The lowest BCUT2D eigenvalue weighted by atomic mass is 10.0. The van der Waals surface area contributed by atoms with Crippen molar-refractivity contribution in [3.8, 4) is 5.75 Å². The van der Waals surface area contributed by atoms with Crippen molar-refractivity contribution in [3.05, 3.63) is 65.2 Å². The Hall–Kier alpha value is -2.62. The highest BCUT2D eigenvalue weighted by molar-refractivity contribution is 5.99. The molecule has 120 valence electrons. The number of hydrogen-bond acceptors (Lipinski definition) is 4. The highest BCUT2D eigenvalue weighted by Gasteiger charge is 2.12. The number of carbonyl (C=O) groups is 2. The maximum absolute atomic E-state index is 12.4. The average molecular weight is 312 g/mol. The third-order valence-electron chi connectivity index (χ3n) is 3.51. The minimum Gasteiger partial charge on any atom is -0.496 e. The second kappa shape index (κ2) is 8.13. The Morgan fingerprint density at radius 3 is 2.48 bits per heavy atom. The minimum atomic E-state index is -0.410. The molecule has 2 rings (SSSR count). The molecule has 23 heavy (non-hydrogen) atoms. The zero-order valence-corrected chi connectivity index (χ0v) is 13.4. The van der Waals surface area contributed by atoms with Crippen LogP contribution in [0.5, 0.6) is 5.75 Å². The van der Waals surface area contributed by atoms with Crippen molar-refractivity contribution in [2.24, 2.45) is 0 Å². The Morgan fingerprint density at radius 1 is 1.00 bits per heavy atom. The van der Waals surface area contributed by atoms with Crippen LogP contribution in [0.25, 0.3) is 0 Å². The quantitative estimate of drug-likeness (QED) is 0.578. The first-order valence-electron chi connectivity index (χ1n) is 7.58.